The van der Waals surface area contributed by atoms with Crippen LogP contribution in [0.15, 0.2) is 54.6 Å². The van der Waals surface area contributed by atoms with Gasteiger partial charge in [-0.1, -0.05) is 43.7 Å². The number of thiazole rings is 1. The van der Waals surface area contributed by atoms with Gasteiger partial charge >= 0.3 is 0 Å². The monoisotopic (exact) mass is 466 g/mol. The SMILES string of the molecule is CCCCOc1ccc(C(=O)NCC(=O)NNC(=O)c2sc(-c3ccccc3)nc2C)cc1. The maximum atomic E-state index is 12.4. The van der Waals surface area contributed by atoms with Crippen molar-refractivity contribution in [1.82, 2.24) is 21.2 Å². The van der Waals surface area contributed by atoms with Gasteiger partial charge in [0.2, 0.25) is 0 Å². The standard InChI is InChI=1S/C24H26N4O4S/c1-3-4-14-32-19-12-10-17(11-13-19)22(30)25-15-20(29)27-28-23(31)21-16(2)26-24(33-21)18-8-6-5-7-9-18/h5-13H,3-4,14-15H2,1-2H3,(H,25,30)(H,27,29)(H,28,31). The molecule has 0 radical (unpaired) electrons. The minimum atomic E-state index is -0.554. The topological polar surface area (TPSA) is 109 Å². The lowest BCUT2D eigenvalue weighted by Crippen LogP contribution is -2.46. The number of hydrazine groups is 1. The Hall–Kier alpha value is -3.72. The van der Waals surface area contributed by atoms with Crippen LogP contribution in [0.2, 0.25) is 0 Å². The molecule has 0 aliphatic heterocycles. The molecule has 9 heteroatoms. The summed E-state index contributed by atoms with van der Waals surface area (Å²) in [5.74, 6) is -0.733. The van der Waals surface area contributed by atoms with Crippen molar-refractivity contribution >= 4 is 29.1 Å². The van der Waals surface area contributed by atoms with Crippen LogP contribution >= 0.6 is 11.3 Å². The number of hydrogen-bond acceptors (Lipinski definition) is 6. The number of nitrogens with zero attached hydrogens (tertiary/aromatic N) is 1. The number of aromatic nitrogens is 1. The van der Waals surface area contributed by atoms with E-state index in [9.17, 15) is 14.4 Å². The third-order valence-corrected chi connectivity index (χ3v) is 5.84. The maximum absolute atomic E-state index is 12.4. The van der Waals surface area contributed by atoms with Gasteiger partial charge in [0.05, 0.1) is 18.8 Å². The fourth-order valence-electron chi connectivity index (χ4n) is 2.84. The molecule has 2 aromatic carbocycles. The Balaban J connectivity index is 1.45. The highest BCUT2D eigenvalue weighted by Crippen LogP contribution is 2.27. The van der Waals surface area contributed by atoms with Gasteiger partial charge in [-0.15, -0.1) is 11.3 Å². The zero-order valence-corrected chi connectivity index (χ0v) is 19.3. The van der Waals surface area contributed by atoms with Gasteiger partial charge in [0.15, 0.2) is 0 Å². The lowest BCUT2D eigenvalue weighted by Gasteiger charge is -2.09. The van der Waals surface area contributed by atoms with E-state index in [1.807, 2.05) is 30.3 Å². The summed E-state index contributed by atoms with van der Waals surface area (Å²) < 4.78 is 5.57. The molecule has 3 aromatic rings. The van der Waals surface area contributed by atoms with Crippen molar-refractivity contribution in [2.45, 2.75) is 26.7 Å². The van der Waals surface area contributed by atoms with Gasteiger partial charge in [0.25, 0.3) is 17.7 Å². The molecule has 33 heavy (non-hydrogen) atoms. The zero-order valence-electron chi connectivity index (χ0n) is 18.5. The molecule has 0 fully saturated rings. The van der Waals surface area contributed by atoms with E-state index >= 15 is 0 Å². The number of hydrogen-bond donors (Lipinski definition) is 3. The molecule has 1 aromatic heterocycles. The summed E-state index contributed by atoms with van der Waals surface area (Å²) in [5.41, 5.74) is 6.56. The minimum absolute atomic E-state index is 0.287. The van der Waals surface area contributed by atoms with Gasteiger partial charge in [-0.3, -0.25) is 25.2 Å². The molecule has 0 aliphatic rings. The summed E-state index contributed by atoms with van der Waals surface area (Å²) in [5, 5.41) is 3.24. The third-order valence-electron chi connectivity index (χ3n) is 4.63. The largest absolute Gasteiger partial charge is 0.494 e. The minimum Gasteiger partial charge on any atom is -0.494 e. The van der Waals surface area contributed by atoms with E-state index in [1.165, 1.54) is 11.3 Å². The van der Waals surface area contributed by atoms with Gasteiger partial charge < -0.3 is 10.1 Å². The van der Waals surface area contributed by atoms with Crippen molar-refractivity contribution in [1.29, 1.82) is 0 Å². The van der Waals surface area contributed by atoms with Crippen molar-refractivity contribution in [2.75, 3.05) is 13.2 Å². The number of aryl methyl sites for hydroxylation is 1. The highest BCUT2D eigenvalue weighted by molar-refractivity contribution is 7.17. The Morgan fingerprint density at radius 3 is 2.39 bits per heavy atom. The molecule has 0 saturated carbocycles. The lowest BCUT2D eigenvalue weighted by molar-refractivity contribution is -0.120. The van der Waals surface area contributed by atoms with E-state index in [4.69, 9.17) is 4.74 Å². The Morgan fingerprint density at radius 1 is 0.970 bits per heavy atom. The van der Waals surface area contributed by atoms with Crippen LogP contribution in [0.25, 0.3) is 10.6 Å². The molecule has 3 rings (SSSR count). The summed E-state index contributed by atoms with van der Waals surface area (Å²) in [6, 6.07) is 16.2. The molecule has 0 atom stereocenters. The van der Waals surface area contributed by atoms with Gasteiger partial charge in [-0.25, -0.2) is 4.98 Å². The van der Waals surface area contributed by atoms with Crippen LogP contribution < -0.4 is 20.9 Å². The van der Waals surface area contributed by atoms with Crippen LogP contribution in [0, 0.1) is 6.92 Å². The summed E-state index contributed by atoms with van der Waals surface area (Å²) >= 11 is 1.24. The first-order chi connectivity index (χ1) is 16.0. The normalized spacial score (nSPS) is 10.4. The summed E-state index contributed by atoms with van der Waals surface area (Å²) in [6.07, 6.45) is 2.01. The van der Waals surface area contributed by atoms with Crippen LogP contribution in [-0.2, 0) is 4.79 Å². The van der Waals surface area contributed by atoms with Gasteiger partial charge in [-0.2, -0.15) is 0 Å². The molecule has 0 unspecified atom stereocenters. The predicted octanol–water partition coefficient (Wildman–Crippen LogP) is 3.49. The number of ether oxygens (including phenoxy) is 1. The molecule has 0 saturated heterocycles. The Bertz CT molecular complexity index is 1100. The van der Waals surface area contributed by atoms with Crippen molar-refractivity contribution in [2.24, 2.45) is 0 Å². The number of benzene rings is 2. The Morgan fingerprint density at radius 2 is 1.70 bits per heavy atom. The first-order valence-corrected chi connectivity index (χ1v) is 11.4. The molecular formula is C24H26N4O4S. The van der Waals surface area contributed by atoms with Gasteiger partial charge in [-0.05, 0) is 37.6 Å². The molecule has 3 N–H and O–H groups in total. The molecule has 1 heterocycles. The maximum Gasteiger partial charge on any atom is 0.281 e. The van der Waals surface area contributed by atoms with Crippen molar-refractivity contribution in [3.05, 3.63) is 70.7 Å². The van der Waals surface area contributed by atoms with E-state index in [-0.39, 0.29) is 6.54 Å². The third kappa shape index (κ3) is 6.88. The second-order valence-electron chi connectivity index (χ2n) is 7.21. The number of unbranched alkanes of at least 4 members (excludes halogenated alkanes) is 1. The van der Waals surface area contributed by atoms with Crippen molar-refractivity contribution in [3.8, 4) is 16.3 Å². The van der Waals surface area contributed by atoms with Crippen molar-refractivity contribution in [3.63, 3.8) is 0 Å². The van der Waals surface area contributed by atoms with E-state index in [0.29, 0.717) is 28.5 Å². The molecule has 0 bridgehead atoms. The van der Waals surface area contributed by atoms with Crippen LogP contribution in [0.5, 0.6) is 5.75 Å². The van der Waals surface area contributed by atoms with Crippen LogP contribution in [0.4, 0.5) is 0 Å². The molecular weight excluding hydrogens is 440 g/mol. The van der Waals surface area contributed by atoms with Gasteiger partial charge in [0.1, 0.15) is 15.6 Å². The quantitative estimate of drug-likeness (QED) is 0.330. The first-order valence-electron chi connectivity index (χ1n) is 10.6. The first kappa shape index (κ1) is 23.9. The van der Waals surface area contributed by atoms with Crippen molar-refractivity contribution < 1.29 is 19.1 Å². The van der Waals surface area contributed by atoms with E-state index < -0.39 is 17.7 Å². The fourth-order valence-corrected chi connectivity index (χ4v) is 3.81. The van der Waals surface area contributed by atoms with Crippen LogP contribution in [-0.4, -0.2) is 35.9 Å². The summed E-state index contributed by atoms with van der Waals surface area (Å²) in [6.45, 7) is 4.16. The predicted molar refractivity (Wildman–Crippen MR) is 127 cm³/mol. The average Bonchev–Trinajstić information content (AvgIpc) is 3.24. The van der Waals surface area contributed by atoms with E-state index in [0.717, 1.165) is 23.4 Å². The number of nitrogens with one attached hydrogen (secondary N) is 3. The summed E-state index contributed by atoms with van der Waals surface area (Å²) in [4.78, 5) is 41.6. The molecule has 3 amide bonds. The Labute approximate surface area is 196 Å². The number of rotatable bonds is 9. The highest BCUT2D eigenvalue weighted by Gasteiger charge is 2.17. The molecule has 0 aliphatic carbocycles. The van der Waals surface area contributed by atoms with Crippen LogP contribution in [0.1, 0.15) is 45.5 Å². The second-order valence-corrected chi connectivity index (χ2v) is 8.21. The number of amides is 3. The fraction of sp³-hybridized carbons (Fsp3) is 0.250. The number of carbonyl (C=O) groups is 3. The second kappa shape index (κ2) is 11.8. The number of carbonyl (C=O) groups excluding carboxylic acids is 3. The molecule has 8 nitrogen and oxygen atoms in total. The lowest BCUT2D eigenvalue weighted by atomic mass is 10.2. The smallest absolute Gasteiger partial charge is 0.281 e. The van der Waals surface area contributed by atoms with Gasteiger partial charge in [0, 0.05) is 11.1 Å². The average molecular weight is 467 g/mol. The summed E-state index contributed by atoms with van der Waals surface area (Å²) in [7, 11) is 0. The highest BCUT2D eigenvalue weighted by atomic mass is 32.1. The molecule has 172 valence electrons. The van der Waals surface area contributed by atoms with Crippen LogP contribution in [0.3, 0.4) is 0 Å². The Kier molecular flexibility index (Phi) is 8.54. The van der Waals surface area contributed by atoms with E-state index in [1.54, 1.807) is 31.2 Å². The van der Waals surface area contributed by atoms with E-state index in [2.05, 4.69) is 28.1 Å². The molecule has 0 spiro atoms. The zero-order chi connectivity index (χ0) is 23.6.